The van der Waals surface area contributed by atoms with Crippen molar-refractivity contribution in [2.24, 2.45) is 0 Å². The molecule has 0 aromatic carbocycles. The van der Waals surface area contributed by atoms with Crippen molar-refractivity contribution in [3.8, 4) is 0 Å². The third kappa shape index (κ3) is 2.79. The van der Waals surface area contributed by atoms with E-state index in [1.807, 2.05) is 0 Å². The highest BCUT2D eigenvalue weighted by molar-refractivity contribution is 5.24. The van der Waals surface area contributed by atoms with Crippen LogP contribution in [0.4, 0.5) is 52.7 Å². The zero-order valence-corrected chi connectivity index (χ0v) is 8.85. The summed E-state index contributed by atoms with van der Waals surface area (Å²) >= 11 is 0. The third-order valence-electron chi connectivity index (χ3n) is 1.93. The van der Waals surface area contributed by atoms with Crippen molar-refractivity contribution < 1.29 is 62.2 Å². The second kappa shape index (κ2) is 4.25. The van der Waals surface area contributed by atoms with E-state index in [0.717, 1.165) is 0 Å². The maximum absolute atomic E-state index is 12.7. The average Bonchev–Trinajstić information content (AvgIpc) is 2.52. The van der Waals surface area contributed by atoms with Crippen LogP contribution in [0, 0.1) is 0 Å². The Morgan fingerprint density at radius 2 is 0.810 bits per heavy atom. The number of rotatable bonds is 2. The average molecular weight is 344 g/mol. The van der Waals surface area contributed by atoms with Crippen molar-refractivity contribution in [3.05, 3.63) is 11.5 Å². The number of halogens is 12. The lowest BCUT2D eigenvalue weighted by Gasteiger charge is -2.22. The van der Waals surface area contributed by atoms with Gasteiger partial charge in [-0.3, -0.25) is 0 Å². The number of hydrogen-bond donors (Lipinski definition) is 0. The molecule has 0 saturated carbocycles. The van der Waals surface area contributed by atoms with Gasteiger partial charge in [-0.2, -0.15) is 43.9 Å². The summed E-state index contributed by atoms with van der Waals surface area (Å²) in [6, 6.07) is 0. The molecule has 0 radical (unpaired) electrons. The monoisotopic (exact) mass is 344 g/mol. The van der Waals surface area contributed by atoms with E-state index in [9.17, 15) is 52.7 Å². The first-order valence-corrected chi connectivity index (χ1v) is 4.33. The fraction of sp³-hybridized carbons (Fsp3) is 0.714. The molecule has 0 amide bonds. The van der Waals surface area contributed by atoms with Crippen LogP contribution < -0.4 is 0 Å². The minimum atomic E-state index is -6.78. The fourth-order valence-corrected chi connectivity index (χ4v) is 1.02. The summed E-state index contributed by atoms with van der Waals surface area (Å²) in [5.41, 5.74) is 0. The number of alkyl halides is 12. The van der Waals surface area contributed by atoms with Crippen LogP contribution in [0.3, 0.4) is 0 Å². The number of ether oxygens (including phenoxy) is 2. The standard InChI is InChI=1S/C7F12O2/c8-3(9,5(12,13)14)1-2(21-7(18,19)20-1)4(10,11)6(15,16)17. The molecule has 0 bridgehead atoms. The Balaban J connectivity index is 3.51. The van der Waals surface area contributed by atoms with Crippen molar-refractivity contribution >= 4 is 0 Å². The number of allylic oxidation sites excluding steroid dienone is 2. The van der Waals surface area contributed by atoms with Gasteiger partial charge in [0.1, 0.15) is 0 Å². The smallest absolute Gasteiger partial charge is 0.393 e. The molecule has 1 aliphatic heterocycles. The van der Waals surface area contributed by atoms with Gasteiger partial charge in [0, 0.05) is 0 Å². The summed E-state index contributed by atoms with van der Waals surface area (Å²) in [7, 11) is 0. The Kier molecular flexibility index (Phi) is 3.55. The molecule has 0 spiro atoms. The second-order valence-corrected chi connectivity index (χ2v) is 3.47. The Bertz CT molecular complexity index is 415. The van der Waals surface area contributed by atoms with Crippen LogP contribution in [0.5, 0.6) is 0 Å². The third-order valence-corrected chi connectivity index (χ3v) is 1.93. The molecule has 0 unspecified atom stereocenters. The van der Waals surface area contributed by atoms with Gasteiger partial charge in [0.05, 0.1) is 0 Å². The van der Waals surface area contributed by atoms with E-state index >= 15 is 0 Å². The lowest BCUT2D eigenvalue weighted by Crippen LogP contribution is -2.43. The van der Waals surface area contributed by atoms with Crippen LogP contribution in [0.25, 0.3) is 0 Å². The highest BCUT2D eigenvalue weighted by Crippen LogP contribution is 2.54. The maximum Gasteiger partial charge on any atom is 0.586 e. The van der Waals surface area contributed by atoms with Crippen LogP contribution in [0.15, 0.2) is 11.5 Å². The summed E-state index contributed by atoms with van der Waals surface area (Å²) in [6.45, 7) is 0. The highest BCUT2D eigenvalue weighted by Gasteiger charge is 2.74. The van der Waals surface area contributed by atoms with Gasteiger partial charge in [-0.05, 0) is 0 Å². The molecular formula is C7F12O2. The van der Waals surface area contributed by atoms with Crippen LogP contribution >= 0.6 is 0 Å². The van der Waals surface area contributed by atoms with E-state index < -0.39 is 42.0 Å². The maximum atomic E-state index is 12.7. The van der Waals surface area contributed by atoms with Gasteiger partial charge in [0.2, 0.25) is 11.5 Å². The molecule has 0 aromatic heterocycles. The summed E-state index contributed by atoms with van der Waals surface area (Å²) in [5.74, 6) is -20.4. The summed E-state index contributed by atoms with van der Waals surface area (Å²) in [5, 5.41) is 0. The van der Waals surface area contributed by atoms with Crippen LogP contribution in [0.1, 0.15) is 0 Å². The summed E-state index contributed by atoms with van der Waals surface area (Å²) < 4.78 is 152. The predicted octanol–water partition coefficient (Wildman–Crippen LogP) is 4.19. The zero-order valence-electron chi connectivity index (χ0n) is 8.85. The van der Waals surface area contributed by atoms with Crippen molar-refractivity contribution in [1.82, 2.24) is 0 Å². The van der Waals surface area contributed by atoms with Gasteiger partial charge in [0.15, 0.2) is 0 Å². The molecule has 0 N–H and O–H groups in total. The molecule has 0 aromatic rings. The van der Waals surface area contributed by atoms with Gasteiger partial charge >= 0.3 is 30.5 Å². The van der Waals surface area contributed by atoms with Gasteiger partial charge in [-0.25, -0.2) is 0 Å². The van der Waals surface area contributed by atoms with Gasteiger partial charge in [-0.1, -0.05) is 0 Å². The zero-order chi connectivity index (χ0) is 17.1. The van der Waals surface area contributed by atoms with Crippen LogP contribution in [-0.2, 0) is 9.47 Å². The topological polar surface area (TPSA) is 18.5 Å². The predicted molar refractivity (Wildman–Crippen MR) is 36.1 cm³/mol. The number of hydrogen-bond acceptors (Lipinski definition) is 2. The van der Waals surface area contributed by atoms with E-state index in [0.29, 0.717) is 0 Å². The SMILES string of the molecule is FC1(F)OC(C(F)(F)C(F)(F)F)=C(C(F)(F)C(F)(F)F)O1. The minimum absolute atomic E-state index is 2.51. The molecular weight excluding hydrogens is 344 g/mol. The van der Waals surface area contributed by atoms with Gasteiger partial charge in [-0.15, -0.1) is 8.78 Å². The Hall–Kier alpha value is -1.50. The second-order valence-electron chi connectivity index (χ2n) is 3.47. The Morgan fingerprint density at radius 3 is 1.00 bits per heavy atom. The van der Waals surface area contributed by atoms with Gasteiger partial charge in [0.25, 0.3) is 0 Å². The molecule has 0 aliphatic carbocycles. The molecule has 1 aliphatic rings. The summed E-state index contributed by atoms with van der Waals surface area (Å²) in [6.07, 6.45) is -19.1. The molecule has 1 rings (SSSR count). The van der Waals surface area contributed by atoms with Crippen molar-refractivity contribution in [2.45, 2.75) is 30.5 Å². The molecule has 14 heteroatoms. The molecule has 1 heterocycles. The Morgan fingerprint density at radius 1 is 0.571 bits per heavy atom. The quantitative estimate of drug-likeness (QED) is 0.700. The molecule has 0 atom stereocenters. The van der Waals surface area contributed by atoms with Crippen molar-refractivity contribution in [3.63, 3.8) is 0 Å². The first-order valence-electron chi connectivity index (χ1n) is 4.33. The van der Waals surface area contributed by atoms with Crippen LogP contribution in [-0.4, -0.2) is 30.5 Å². The fourth-order valence-electron chi connectivity index (χ4n) is 1.02. The van der Waals surface area contributed by atoms with E-state index in [1.54, 1.807) is 0 Å². The van der Waals surface area contributed by atoms with E-state index in [2.05, 4.69) is 9.47 Å². The van der Waals surface area contributed by atoms with E-state index in [-0.39, 0.29) is 0 Å². The lowest BCUT2D eigenvalue weighted by molar-refractivity contribution is -0.364. The van der Waals surface area contributed by atoms with E-state index in [1.165, 1.54) is 0 Å². The molecule has 0 fully saturated rings. The van der Waals surface area contributed by atoms with Crippen molar-refractivity contribution in [2.75, 3.05) is 0 Å². The molecule has 124 valence electrons. The Labute approximate surface area is 105 Å². The van der Waals surface area contributed by atoms with E-state index in [4.69, 9.17) is 0 Å². The summed E-state index contributed by atoms with van der Waals surface area (Å²) in [4.78, 5) is 0. The lowest BCUT2D eigenvalue weighted by atomic mass is 10.1. The molecule has 21 heavy (non-hydrogen) atoms. The minimum Gasteiger partial charge on any atom is -0.393 e. The largest absolute Gasteiger partial charge is 0.586 e. The highest BCUT2D eigenvalue weighted by atomic mass is 19.4. The van der Waals surface area contributed by atoms with Gasteiger partial charge < -0.3 is 9.47 Å². The molecule has 2 nitrogen and oxygen atoms in total. The van der Waals surface area contributed by atoms with Crippen LogP contribution in [0.2, 0.25) is 0 Å². The first-order chi connectivity index (χ1) is 8.93. The first kappa shape index (κ1) is 17.6. The normalized spacial score (nSPS) is 20.4. The van der Waals surface area contributed by atoms with Crippen molar-refractivity contribution in [1.29, 1.82) is 0 Å². The molecule has 0 saturated heterocycles.